The van der Waals surface area contributed by atoms with Gasteiger partial charge in [-0.25, -0.2) is 0 Å². The Kier molecular flexibility index (Phi) is 2.46. The molecule has 0 aliphatic heterocycles. The maximum absolute atomic E-state index is 2.39. The molecule has 0 spiro atoms. The topological polar surface area (TPSA) is 0 Å². The standard InChI is InChI=1S/C12H14.BrH/c1-2-4-9(5-3-1)12-8-10-6-7-11(10)12;/h6-9H,1-5H2;1H. The Morgan fingerprint density at radius 2 is 1.77 bits per heavy atom. The summed E-state index contributed by atoms with van der Waals surface area (Å²) in [6.07, 6.45) is 7.25. The summed E-state index contributed by atoms with van der Waals surface area (Å²) in [5.74, 6) is 0.919. The van der Waals surface area contributed by atoms with Crippen molar-refractivity contribution in [2.24, 2.45) is 0 Å². The number of hydrogen-bond donors (Lipinski definition) is 0. The molecule has 0 atom stereocenters. The van der Waals surface area contributed by atoms with Gasteiger partial charge in [-0.15, -0.1) is 17.0 Å². The van der Waals surface area contributed by atoms with Gasteiger partial charge in [-0.1, -0.05) is 37.5 Å². The van der Waals surface area contributed by atoms with Crippen molar-refractivity contribution in [3.63, 3.8) is 0 Å². The van der Waals surface area contributed by atoms with Crippen LogP contribution >= 0.6 is 17.0 Å². The summed E-state index contributed by atoms with van der Waals surface area (Å²) in [4.78, 5) is 0. The Bertz CT molecular complexity index is 311. The van der Waals surface area contributed by atoms with E-state index in [0.717, 1.165) is 5.92 Å². The summed E-state index contributed by atoms with van der Waals surface area (Å²) in [5.41, 5.74) is 4.77. The molecule has 70 valence electrons. The van der Waals surface area contributed by atoms with Crippen LogP contribution in [-0.4, -0.2) is 0 Å². The first-order valence-electron chi connectivity index (χ1n) is 5.09. The van der Waals surface area contributed by atoms with Crippen molar-refractivity contribution in [2.75, 3.05) is 0 Å². The van der Waals surface area contributed by atoms with Crippen LogP contribution in [0.3, 0.4) is 0 Å². The van der Waals surface area contributed by atoms with Crippen LogP contribution in [0.1, 0.15) is 43.6 Å². The van der Waals surface area contributed by atoms with Crippen LogP contribution in [0.25, 0.3) is 11.1 Å². The van der Waals surface area contributed by atoms with E-state index in [1.165, 1.54) is 37.7 Å². The molecule has 0 unspecified atom stereocenters. The number of fused-ring (bicyclic) bond motifs is 1. The lowest BCUT2D eigenvalue weighted by atomic mass is 9.75. The van der Waals surface area contributed by atoms with Crippen LogP contribution in [0.2, 0.25) is 0 Å². The van der Waals surface area contributed by atoms with E-state index in [1.54, 1.807) is 11.1 Å². The molecule has 3 rings (SSSR count). The van der Waals surface area contributed by atoms with Gasteiger partial charge in [-0.3, -0.25) is 0 Å². The number of halogens is 1. The SMILES string of the molecule is Br.c1cc2c(C3CCCCC3)cc1-2. The van der Waals surface area contributed by atoms with Crippen LogP contribution in [-0.2, 0) is 0 Å². The molecule has 0 amide bonds. The molecule has 0 N–H and O–H groups in total. The van der Waals surface area contributed by atoms with Gasteiger partial charge in [-0.05, 0) is 35.4 Å². The first-order chi connectivity index (χ1) is 5.95. The molecule has 0 aromatic carbocycles. The second-order valence-corrected chi connectivity index (χ2v) is 4.14. The Balaban J connectivity index is 0.000000653. The Labute approximate surface area is 90.1 Å². The summed E-state index contributed by atoms with van der Waals surface area (Å²) < 4.78 is 0. The Morgan fingerprint density at radius 1 is 1.00 bits per heavy atom. The van der Waals surface area contributed by atoms with Gasteiger partial charge in [0, 0.05) is 0 Å². The monoisotopic (exact) mass is 238 g/mol. The second-order valence-electron chi connectivity index (χ2n) is 4.14. The zero-order valence-corrected chi connectivity index (χ0v) is 9.47. The molecule has 0 radical (unpaired) electrons. The largest absolute Gasteiger partial charge is 0.114 e. The van der Waals surface area contributed by atoms with Crippen LogP contribution in [0.5, 0.6) is 0 Å². The molecule has 0 aromatic heterocycles. The quantitative estimate of drug-likeness (QED) is 0.696. The van der Waals surface area contributed by atoms with Gasteiger partial charge in [0.25, 0.3) is 0 Å². The summed E-state index contributed by atoms with van der Waals surface area (Å²) in [7, 11) is 0. The second kappa shape index (κ2) is 3.45. The van der Waals surface area contributed by atoms with Crippen molar-refractivity contribution in [3.05, 3.63) is 23.8 Å². The predicted octanol–water partition coefficient (Wildman–Crippen LogP) is 4.29. The molecule has 0 nitrogen and oxygen atoms in total. The first kappa shape index (κ1) is 9.26. The van der Waals surface area contributed by atoms with Crippen molar-refractivity contribution >= 4 is 17.0 Å². The molecule has 0 saturated heterocycles. The van der Waals surface area contributed by atoms with Crippen LogP contribution in [0, 0.1) is 0 Å². The van der Waals surface area contributed by atoms with Crippen molar-refractivity contribution < 1.29 is 0 Å². The molecule has 0 heterocycles. The summed E-state index contributed by atoms with van der Waals surface area (Å²) in [5, 5.41) is 0. The minimum absolute atomic E-state index is 0. The smallest absolute Gasteiger partial charge is 0.0149 e. The zero-order chi connectivity index (χ0) is 7.97. The van der Waals surface area contributed by atoms with Crippen LogP contribution < -0.4 is 0 Å². The van der Waals surface area contributed by atoms with Gasteiger partial charge in [0.1, 0.15) is 0 Å². The molecule has 13 heavy (non-hydrogen) atoms. The fourth-order valence-corrected chi connectivity index (χ4v) is 2.57. The highest BCUT2D eigenvalue weighted by molar-refractivity contribution is 8.93. The van der Waals surface area contributed by atoms with Crippen LogP contribution in [0.4, 0.5) is 0 Å². The Morgan fingerprint density at radius 3 is 2.23 bits per heavy atom. The maximum Gasteiger partial charge on any atom is -0.0149 e. The Hall–Kier alpha value is -0.300. The van der Waals surface area contributed by atoms with E-state index in [1.807, 2.05) is 0 Å². The van der Waals surface area contributed by atoms with E-state index in [4.69, 9.17) is 0 Å². The third-order valence-corrected chi connectivity index (χ3v) is 3.41. The molecular weight excluding hydrogens is 224 g/mol. The predicted molar refractivity (Wildman–Crippen MR) is 61.6 cm³/mol. The highest BCUT2D eigenvalue weighted by Crippen LogP contribution is 2.45. The summed E-state index contributed by atoms with van der Waals surface area (Å²) in [6, 6.07) is 6.90. The van der Waals surface area contributed by atoms with Crippen LogP contribution in [0.15, 0.2) is 18.2 Å². The van der Waals surface area contributed by atoms with Crippen molar-refractivity contribution in [2.45, 2.75) is 38.0 Å². The molecule has 1 heteroatoms. The molecule has 0 aromatic rings. The number of rotatable bonds is 1. The normalized spacial score (nSPS) is 19.4. The highest BCUT2D eigenvalue weighted by atomic mass is 79.9. The zero-order valence-electron chi connectivity index (χ0n) is 7.75. The minimum atomic E-state index is 0. The average Bonchev–Trinajstić information content (AvgIpc) is 2.11. The van der Waals surface area contributed by atoms with Gasteiger partial charge in [0.05, 0.1) is 0 Å². The number of benzene rings is 1. The van der Waals surface area contributed by atoms with Crippen molar-refractivity contribution in [3.8, 4) is 11.1 Å². The van der Waals surface area contributed by atoms with E-state index in [9.17, 15) is 0 Å². The summed E-state index contributed by atoms with van der Waals surface area (Å²) in [6.45, 7) is 0. The first-order valence-corrected chi connectivity index (χ1v) is 5.09. The van der Waals surface area contributed by atoms with Gasteiger partial charge in [0.2, 0.25) is 0 Å². The molecule has 1 fully saturated rings. The van der Waals surface area contributed by atoms with E-state index in [2.05, 4.69) is 18.2 Å². The van der Waals surface area contributed by atoms with Crippen molar-refractivity contribution in [1.29, 1.82) is 0 Å². The van der Waals surface area contributed by atoms with E-state index in [0.29, 0.717) is 0 Å². The lowest BCUT2D eigenvalue weighted by Crippen LogP contribution is -2.10. The molecule has 3 aliphatic carbocycles. The minimum Gasteiger partial charge on any atom is -0.114 e. The fraction of sp³-hybridized carbons (Fsp3) is 0.500. The third-order valence-electron chi connectivity index (χ3n) is 3.41. The van der Waals surface area contributed by atoms with Crippen molar-refractivity contribution in [1.82, 2.24) is 0 Å². The fourth-order valence-electron chi connectivity index (χ4n) is 2.57. The molecule has 3 aliphatic rings. The van der Waals surface area contributed by atoms with Gasteiger partial charge >= 0.3 is 0 Å². The van der Waals surface area contributed by atoms with Gasteiger partial charge < -0.3 is 0 Å². The van der Waals surface area contributed by atoms with Gasteiger partial charge in [0.15, 0.2) is 0 Å². The maximum atomic E-state index is 2.39. The van der Waals surface area contributed by atoms with E-state index >= 15 is 0 Å². The average molecular weight is 239 g/mol. The highest BCUT2D eigenvalue weighted by Gasteiger charge is 2.24. The lowest BCUT2D eigenvalue weighted by Gasteiger charge is -2.30. The molecule has 1 saturated carbocycles. The third kappa shape index (κ3) is 1.34. The van der Waals surface area contributed by atoms with E-state index < -0.39 is 0 Å². The van der Waals surface area contributed by atoms with E-state index in [-0.39, 0.29) is 17.0 Å². The van der Waals surface area contributed by atoms with Gasteiger partial charge in [-0.2, -0.15) is 0 Å². The lowest BCUT2D eigenvalue weighted by molar-refractivity contribution is 0.443. The number of hydrogen-bond acceptors (Lipinski definition) is 0. The summed E-state index contributed by atoms with van der Waals surface area (Å²) >= 11 is 0. The molecular formula is C12H15Br. The molecule has 0 bridgehead atoms.